The number of para-hydroxylation sites is 3. The van der Waals surface area contributed by atoms with E-state index in [4.69, 9.17) is 26.5 Å². The maximum atomic E-state index is 5.19. The number of benzene rings is 5. The zero-order valence-electron chi connectivity index (χ0n) is 31.3. The van der Waals surface area contributed by atoms with Crippen molar-refractivity contribution in [3.63, 3.8) is 0 Å². The third kappa shape index (κ3) is 4.71. The maximum Gasteiger partial charge on any atom is 0.178 e. The Kier molecular flexibility index (Phi) is 7.36. The molecule has 5 aromatic carbocycles. The normalized spacial score (nSPS) is 20.3. The van der Waals surface area contributed by atoms with Gasteiger partial charge in [-0.2, -0.15) is 0 Å². The van der Waals surface area contributed by atoms with Gasteiger partial charge in [0.2, 0.25) is 0 Å². The van der Waals surface area contributed by atoms with Crippen LogP contribution in [0.2, 0.25) is 0 Å². The van der Waals surface area contributed by atoms with E-state index in [1.807, 2.05) is 24.8 Å². The largest absolute Gasteiger partial charge is 0.301 e. The van der Waals surface area contributed by atoms with Gasteiger partial charge in [-0.05, 0) is 76.6 Å². The van der Waals surface area contributed by atoms with Gasteiger partial charge in [0.25, 0.3) is 0 Å². The molecule has 11 rings (SSSR count). The molecule has 0 bridgehead atoms. The summed E-state index contributed by atoms with van der Waals surface area (Å²) in [6.45, 7) is 9.42. The van der Waals surface area contributed by atoms with Crippen LogP contribution in [0.1, 0.15) is 48.8 Å². The summed E-state index contributed by atoms with van der Waals surface area (Å²) in [5.41, 5.74) is 11.6. The van der Waals surface area contributed by atoms with E-state index in [1.54, 1.807) is 0 Å². The van der Waals surface area contributed by atoms with E-state index in [0.29, 0.717) is 5.92 Å². The first-order valence-corrected chi connectivity index (χ1v) is 19.5. The van der Waals surface area contributed by atoms with Crippen LogP contribution in [0.15, 0.2) is 159 Å². The minimum Gasteiger partial charge on any atom is -0.301 e. The van der Waals surface area contributed by atoms with Crippen LogP contribution in [0.5, 0.6) is 0 Å². The van der Waals surface area contributed by atoms with Gasteiger partial charge in [-0.1, -0.05) is 111 Å². The molecule has 0 fully saturated rings. The monoisotopic (exact) mass is 728 g/mol. The smallest absolute Gasteiger partial charge is 0.178 e. The molecule has 8 heteroatoms. The Balaban J connectivity index is 1.23. The Hall–Kier alpha value is -6.80. The van der Waals surface area contributed by atoms with Gasteiger partial charge in [0, 0.05) is 59.2 Å². The van der Waals surface area contributed by atoms with Gasteiger partial charge < -0.3 is 19.6 Å². The van der Waals surface area contributed by atoms with Crippen molar-refractivity contribution in [1.29, 1.82) is 0 Å². The topological polar surface area (TPSA) is 64.5 Å². The van der Waals surface area contributed by atoms with E-state index >= 15 is 0 Å². The molecular formula is C48H40N8. The number of nitrogens with zero attached hydrogens (tertiary/aromatic N) is 8. The van der Waals surface area contributed by atoms with E-state index in [-0.39, 0.29) is 24.2 Å². The molecule has 6 heterocycles. The first-order valence-electron chi connectivity index (χ1n) is 19.5. The number of hydrogen-bond acceptors (Lipinski definition) is 8. The number of allylic oxidation sites excluding steroid dienone is 1. The third-order valence-corrected chi connectivity index (χ3v) is 12.1. The van der Waals surface area contributed by atoms with Crippen molar-refractivity contribution in [2.75, 3.05) is 19.6 Å². The van der Waals surface area contributed by atoms with E-state index in [2.05, 4.69) is 161 Å². The number of anilines is 8. The van der Waals surface area contributed by atoms with Gasteiger partial charge in [-0.3, -0.25) is 0 Å². The molecule has 4 aliphatic rings. The zero-order valence-corrected chi connectivity index (χ0v) is 31.3. The highest BCUT2D eigenvalue weighted by Crippen LogP contribution is 2.62. The summed E-state index contributed by atoms with van der Waals surface area (Å²) < 4.78 is 0. The molecule has 4 unspecified atom stereocenters. The molecule has 7 aromatic rings. The van der Waals surface area contributed by atoms with Gasteiger partial charge in [0.05, 0.1) is 5.69 Å². The molecule has 8 nitrogen and oxygen atoms in total. The molecule has 0 amide bonds. The van der Waals surface area contributed by atoms with Gasteiger partial charge in [-0.25, -0.2) is 19.9 Å². The lowest BCUT2D eigenvalue weighted by molar-refractivity contribution is 0.289. The van der Waals surface area contributed by atoms with Crippen LogP contribution in [0, 0.1) is 5.92 Å². The highest BCUT2D eigenvalue weighted by atomic mass is 15.5. The van der Waals surface area contributed by atoms with Crippen LogP contribution in [-0.2, 0) is 0 Å². The van der Waals surface area contributed by atoms with Gasteiger partial charge in [0.1, 0.15) is 12.3 Å². The summed E-state index contributed by atoms with van der Waals surface area (Å²) in [5.74, 6) is 3.71. The van der Waals surface area contributed by atoms with Crippen LogP contribution >= 0.6 is 0 Å². The van der Waals surface area contributed by atoms with Crippen LogP contribution in [0.25, 0.3) is 16.7 Å². The minimum absolute atomic E-state index is 0.0583. The highest BCUT2D eigenvalue weighted by molar-refractivity contribution is 5.93. The fraction of sp³-hybridized carbons (Fsp3) is 0.167. The van der Waals surface area contributed by atoms with Crippen molar-refractivity contribution >= 4 is 51.6 Å². The lowest BCUT2D eigenvalue weighted by Gasteiger charge is -2.52. The minimum atomic E-state index is -0.261. The lowest BCUT2D eigenvalue weighted by atomic mass is 9.71. The van der Waals surface area contributed by atoms with Crippen molar-refractivity contribution in [1.82, 2.24) is 19.9 Å². The van der Waals surface area contributed by atoms with E-state index in [9.17, 15) is 0 Å². The first-order chi connectivity index (χ1) is 27.6. The van der Waals surface area contributed by atoms with Crippen LogP contribution in [0.4, 0.5) is 46.0 Å². The number of fused-ring (bicyclic) bond motifs is 14. The van der Waals surface area contributed by atoms with E-state index < -0.39 is 0 Å². The molecule has 4 aliphatic heterocycles. The van der Waals surface area contributed by atoms with Crippen LogP contribution in [-0.4, -0.2) is 32.3 Å². The van der Waals surface area contributed by atoms with Crippen molar-refractivity contribution in [3.8, 4) is 11.1 Å². The van der Waals surface area contributed by atoms with Crippen LogP contribution < -0.4 is 19.6 Å². The molecule has 0 radical (unpaired) electrons. The van der Waals surface area contributed by atoms with Gasteiger partial charge >= 0.3 is 0 Å². The third-order valence-electron chi connectivity index (χ3n) is 12.1. The second-order valence-corrected chi connectivity index (χ2v) is 15.4. The van der Waals surface area contributed by atoms with Gasteiger partial charge in [-0.15, -0.1) is 0 Å². The molecule has 0 N–H and O–H groups in total. The Morgan fingerprint density at radius 3 is 1.66 bits per heavy atom. The Morgan fingerprint density at radius 1 is 0.536 bits per heavy atom. The average molecular weight is 729 g/mol. The van der Waals surface area contributed by atoms with Crippen LogP contribution in [0.3, 0.4) is 0 Å². The Labute approximate surface area is 327 Å². The van der Waals surface area contributed by atoms with Crippen molar-refractivity contribution in [2.45, 2.75) is 44.4 Å². The fourth-order valence-corrected chi connectivity index (χ4v) is 9.87. The summed E-state index contributed by atoms with van der Waals surface area (Å²) >= 11 is 0. The fourth-order valence-electron chi connectivity index (χ4n) is 9.87. The maximum absolute atomic E-state index is 5.19. The molecule has 0 saturated carbocycles. The molecular weight excluding hydrogens is 689 g/mol. The van der Waals surface area contributed by atoms with Crippen molar-refractivity contribution < 1.29 is 0 Å². The average Bonchev–Trinajstić information content (AvgIpc) is 3.77. The quantitative estimate of drug-likeness (QED) is 0.177. The second-order valence-electron chi connectivity index (χ2n) is 15.4. The molecule has 4 atom stereocenters. The van der Waals surface area contributed by atoms with E-state index in [0.717, 1.165) is 63.6 Å². The predicted octanol–water partition coefficient (Wildman–Crippen LogP) is 11.1. The zero-order chi connectivity index (χ0) is 37.5. The second kappa shape index (κ2) is 12.6. The Bertz CT molecular complexity index is 2640. The number of aromatic nitrogens is 4. The predicted molar refractivity (Wildman–Crippen MR) is 225 cm³/mol. The first kappa shape index (κ1) is 32.6. The number of rotatable bonds is 4. The van der Waals surface area contributed by atoms with E-state index in [1.165, 1.54) is 22.3 Å². The van der Waals surface area contributed by atoms with Gasteiger partial charge in [0.15, 0.2) is 23.3 Å². The molecule has 0 spiro atoms. The standard InChI is InChI=1S/C48H40N8/c1-30(2)35-18-10-11-19-37(35)32-22-23-36-31(3)28-39-38-20-12-13-21-40(38)55-45-43(49-24-26-51-45)53(33-14-6-4-7-15-33)47(55)42(39)48-54(34-16-8-5-9-17-34)44-46(52-27-25-50-44)56(48)41(36)29-32/h4-27,29-30,39,42,47-48H,3,28H2,1-2H3. The molecule has 0 saturated heterocycles. The summed E-state index contributed by atoms with van der Waals surface area (Å²) in [5, 5.41) is 0. The van der Waals surface area contributed by atoms with Crippen molar-refractivity contribution in [2.24, 2.45) is 5.92 Å². The molecule has 272 valence electrons. The summed E-state index contributed by atoms with van der Waals surface area (Å²) in [7, 11) is 0. The molecule has 2 aromatic heterocycles. The Morgan fingerprint density at radius 2 is 1.05 bits per heavy atom. The SMILES string of the molecule is C=C1CC2c3ccccc3N3c4nccnc4N(c4ccccc4)C3C2C2N(c3ccccc3)c3nccnc3N2c2cc(-c3ccccc3C(C)C)ccc21. The highest BCUT2D eigenvalue weighted by Gasteiger charge is 2.59. The molecule has 56 heavy (non-hydrogen) atoms. The van der Waals surface area contributed by atoms with Crippen molar-refractivity contribution in [3.05, 3.63) is 175 Å². The summed E-state index contributed by atoms with van der Waals surface area (Å²) in [6, 6.07) is 46.0. The number of hydrogen-bond donors (Lipinski definition) is 0. The lowest BCUT2D eigenvalue weighted by Crippen LogP contribution is -2.60. The molecule has 0 aliphatic carbocycles. The summed E-state index contributed by atoms with van der Waals surface area (Å²) in [4.78, 5) is 30.2. The summed E-state index contributed by atoms with van der Waals surface area (Å²) in [6.07, 6.45) is 7.57.